The molecule has 8 nitrogen and oxygen atoms in total. The van der Waals surface area contributed by atoms with E-state index in [-0.39, 0.29) is 35.2 Å². The first-order chi connectivity index (χ1) is 11.9. The Balaban J connectivity index is 0.00000338. The third-order valence-corrected chi connectivity index (χ3v) is 5.71. The topological polar surface area (TPSA) is 123 Å². The molecule has 1 aliphatic carbocycles. The molecule has 0 radical (unpaired) electrons. The van der Waals surface area contributed by atoms with E-state index >= 15 is 0 Å². The van der Waals surface area contributed by atoms with E-state index in [1.807, 2.05) is 0 Å². The summed E-state index contributed by atoms with van der Waals surface area (Å²) in [4.78, 5) is 12.6. The van der Waals surface area contributed by atoms with Gasteiger partial charge in [-0.15, -0.1) is 12.4 Å². The van der Waals surface area contributed by atoms with Gasteiger partial charge < -0.3 is 21.1 Å². The van der Waals surface area contributed by atoms with Crippen molar-refractivity contribution in [3.05, 3.63) is 18.2 Å². The van der Waals surface area contributed by atoms with Crippen molar-refractivity contribution in [2.45, 2.75) is 30.2 Å². The number of carbonyl (C=O) groups excluding carboxylic acids is 1. The summed E-state index contributed by atoms with van der Waals surface area (Å²) in [5.41, 5.74) is 6.94. The predicted octanol–water partition coefficient (Wildman–Crippen LogP) is 1.14. The molecule has 0 aromatic heterocycles. The summed E-state index contributed by atoms with van der Waals surface area (Å²) in [6, 6.07) is 4.62. The van der Waals surface area contributed by atoms with Crippen LogP contribution in [-0.4, -0.2) is 47.7 Å². The van der Waals surface area contributed by atoms with Crippen LogP contribution in [0, 0.1) is 5.92 Å². The lowest BCUT2D eigenvalue weighted by atomic mass is 10.1. The number of benzene rings is 1. The number of sulfonamides is 1. The van der Waals surface area contributed by atoms with Crippen LogP contribution < -0.4 is 21.1 Å². The van der Waals surface area contributed by atoms with E-state index in [1.165, 1.54) is 19.2 Å². The van der Waals surface area contributed by atoms with Crippen LogP contribution in [0.25, 0.3) is 0 Å². The summed E-state index contributed by atoms with van der Waals surface area (Å²) in [6.45, 7) is 1.02. The molecular weight excluding hydrogens is 380 g/mol. The number of ether oxygens (including phenoxy) is 1. The Kier molecular flexibility index (Phi) is 8.78. The molecule has 5 N–H and O–H groups in total. The van der Waals surface area contributed by atoms with Gasteiger partial charge in [-0.1, -0.05) is 0 Å². The molecule has 0 heterocycles. The smallest absolute Gasteiger partial charge is 0.240 e. The normalized spacial score (nSPS) is 19.7. The molecule has 2 atom stereocenters. The van der Waals surface area contributed by atoms with Crippen LogP contribution in [0.1, 0.15) is 19.3 Å². The second kappa shape index (κ2) is 10.1. The van der Waals surface area contributed by atoms with E-state index in [9.17, 15) is 13.2 Å². The first-order valence-corrected chi connectivity index (χ1v) is 9.72. The Bertz CT molecular complexity index is 714. The highest BCUT2D eigenvalue weighted by molar-refractivity contribution is 7.89. The summed E-state index contributed by atoms with van der Waals surface area (Å²) < 4.78 is 31.3. The second-order valence-corrected chi connectivity index (χ2v) is 7.98. The molecule has 148 valence electrons. The van der Waals surface area contributed by atoms with Crippen molar-refractivity contribution in [1.82, 2.24) is 4.72 Å². The van der Waals surface area contributed by atoms with Gasteiger partial charge in [0.15, 0.2) is 0 Å². The van der Waals surface area contributed by atoms with E-state index in [0.29, 0.717) is 30.9 Å². The lowest BCUT2D eigenvalue weighted by molar-refractivity contribution is -0.119. The zero-order valence-electron chi connectivity index (χ0n) is 14.9. The van der Waals surface area contributed by atoms with E-state index in [4.69, 9.17) is 10.5 Å². The van der Waals surface area contributed by atoms with Crippen LogP contribution in [-0.2, 0) is 19.6 Å². The molecule has 1 amide bonds. The van der Waals surface area contributed by atoms with Gasteiger partial charge in [0.05, 0.1) is 22.9 Å². The summed E-state index contributed by atoms with van der Waals surface area (Å²) in [7, 11) is -0.661. The number of rotatable bonds is 8. The molecule has 1 saturated carbocycles. The Morgan fingerprint density at radius 2 is 2.04 bits per heavy atom. The molecule has 1 aliphatic rings. The van der Waals surface area contributed by atoms with Gasteiger partial charge in [-0.3, -0.25) is 4.79 Å². The van der Waals surface area contributed by atoms with Crippen LogP contribution in [0.5, 0.6) is 0 Å². The van der Waals surface area contributed by atoms with Crippen molar-refractivity contribution >= 4 is 39.7 Å². The number of carbonyl (C=O) groups is 1. The van der Waals surface area contributed by atoms with Gasteiger partial charge in [-0.05, 0) is 44.5 Å². The fourth-order valence-corrected chi connectivity index (χ4v) is 3.60. The van der Waals surface area contributed by atoms with Crippen molar-refractivity contribution in [3.8, 4) is 0 Å². The number of amides is 1. The van der Waals surface area contributed by atoms with Gasteiger partial charge in [0, 0.05) is 25.6 Å². The fraction of sp³-hybridized carbons (Fsp3) is 0.562. The quantitative estimate of drug-likeness (QED) is 0.480. The molecule has 0 bridgehead atoms. The molecule has 26 heavy (non-hydrogen) atoms. The van der Waals surface area contributed by atoms with Gasteiger partial charge in [0.1, 0.15) is 0 Å². The maximum Gasteiger partial charge on any atom is 0.240 e. The molecule has 1 fully saturated rings. The van der Waals surface area contributed by atoms with Crippen molar-refractivity contribution < 1.29 is 17.9 Å². The zero-order valence-corrected chi connectivity index (χ0v) is 16.6. The first-order valence-electron chi connectivity index (χ1n) is 8.24. The van der Waals surface area contributed by atoms with Gasteiger partial charge in [-0.2, -0.15) is 0 Å². The largest absolute Gasteiger partial charge is 0.383 e. The summed E-state index contributed by atoms with van der Waals surface area (Å²) in [6.07, 6.45) is 2.21. The van der Waals surface area contributed by atoms with Crippen LogP contribution in [0.15, 0.2) is 23.1 Å². The fourth-order valence-electron chi connectivity index (χ4n) is 2.84. The Morgan fingerprint density at radius 1 is 1.31 bits per heavy atom. The Morgan fingerprint density at radius 3 is 2.62 bits per heavy atom. The summed E-state index contributed by atoms with van der Waals surface area (Å²) in [5, 5.41) is 5.98. The molecule has 1 aromatic rings. The third kappa shape index (κ3) is 5.82. The van der Waals surface area contributed by atoms with E-state index < -0.39 is 10.0 Å². The number of halogens is 1. The van der Waals surface area contributed by atoms with E-state index in [2.05, 4.69) is 15.4 Å². The first kappa shape index (κ1) is 22.7. The summed E-state index contributed by atoms with van der Waals surface area (Å²) in [5.74, 6) is -0.284. The molecule has 2 unspecified atom stereocenters. The number of hydrogen-bond acceptors (Lipinski definition) is 6. The van der Waals surface area contributed by atoms with Gasteiger partial charge in [-0.25, -0.2) is 13.1 Å². The molecule has 2 rings (SSSR count). The van der Waals surface area contributed by atoms with Crippen LogP contribution in [0.3, 0.4) is 0 Å². The maximum atomic E-state index is 12.5. The number of methoxy groups -OCH3 is 1. The zero-order chi connectivity index (χ0) is 18.4. The second-order valence-electron chi connectivity index (χ2n) is 6.09. The Labute approximate surface area is 160 Å². The highest BCUT2D eigenvalue weighted by Gasteiger charge is 2.28. The average Bonchev–Trinajstić information content (AvgIpc) is 3.02. The van der Waals surface area contributed by atoms with Crippen LogP contribution in [0.4, 0.5) is 11.4 Å². The molecule has 0 aliphatic heterocycles. The van der Waals surface area contributed by atoms with Crippen molar-refractivity contribution in [3.63, 3.8) is 0 Å². The molecule has 1 aromatic carbocycles. The van der Waals surface area contributed by atoms with Gasteiger partial charge >= 0.3 is 0 Å². The van der Waals surface area contributed by atoms with Crippen molar-refractivity contribution in [2.75, 3.05) is 37.9 Å². The van der Waals surface area contributed by atoms with E-state index in [0.717, 1.165) is 12.8 Å². The molecule has 0 spiro atoms. The van der Waals surface area contributed by atoms with Gasteiger partial charge in [0.2, 0.25) is 15.9 Å². The monoisotopic (exact) mass is 406 g/mol. The predicted molar refractivity (Wildman–Crippen MR) is 104 cm³/mol. The highest BCUT2D eigenvalue weighted by atomic mass is 35.5. The van der Waals surface area contributed by atoms with E-state index in [1.54, 1.807) is 13.2 Å². The molecule has 10 heteroatoms. The van der Waals surface area contributed by atoms with Crippen LogP contribution >= 0.6 is 12.4 Å². The summed E-state index contributed by atoms with van der Waals surface area (Å²) >= 11 is 0. The minimum absolute atomic E-state index is 0. The third-order valence-electron chi connectivity index (χ3n) is 4.29. The number of hydrogen-bond donors (Lipinski definition) is 4. The van der Waals surface area contributed by atoms with Crippen molar-refractivity contribution in [1.29, 1.82) is 0 Å². The van der Waals surface area contributed by atoms with Gasteiger partial charge in [0.25, 0.3) is 0 Å². The lowest BCUT2D eigenvalue weighted by Crippen LogP contribution is -2.24. The Hall–Kier alpha value is -1.39. The maximum absolute atomic E-state index is 12.5. The molecular formula is C16H27ClN4O4S. The average molecular weight is 407 g/mol. The minimum atomic E-state index is -3.60. The standard InChI is InChI=1S/C16H26N4O4S.ClH/c1-18-25(22,23)13-5-6-14(19-7-8-24-2)15(10-13)20-16(21)11-3-4-12(17)9-11;/h5-6,10-12,18-19H,3-4,7-9,17H2,1-2H3,(H,20,21);1H. The van der Waals surface area contributed by atoms with Crippen LogP contribution in [0.2, 0.25) is 0 Å². The number of nitrogens with one attached hydrogen (secondary N) is 3. The lowest BCUT2D eigenvalue weighted by Gasteiger charge is -2.17. The van der Waals surface area contributed by atoms with Crippen molar-refractivity contribution in [2.24, 2.45) is 11.7 Å². The number of anilines is 2. The SMILES string of the molecule is CNS(=O)(=O)c1ccc(NCCOC)c(NC(=O)C2CCC(N)C2)c1.Cl. The highest BCUT2D eigenvalue weighted by Crippen LogP contribution is 2.29. The minimum Gasteiger partial charge on any atom is -0.383 e. The number of nitrogens with two attached hydrogens (primary N) is 1. The molecule has 0 saturated heterocycles.